The lowest BCUT2D eigenvalue weighted by molar-refractivity contribution is -0.136. The molecule has 0 fully saturated rings. The molecule has 4 amide bonds. The SMILES string of the molecule is O=C(O)CCNC(=O)Nc1ccc(N2C(=O)c3ccccc3C2=O)cc1. The van der Waals surface area contributed by atoms with Crippen molar-refractivity contribution in [3.8, 4) is 0 Å². The Bertz CT molecular complexity index is 857. The van der Waals surface area contributed by atoms with E-state index in [1.165, 1.54) is 0 Å². The Balaban J connectivity index is 1.67. The van der Waals surface area contributed by atoms with Crippen molar-refractivity contribution in [2.45, 2.75) is 6.42 Å². The highest BCUT2D eigenvalue weighted by atomic mass is 16.4. The van der Waals surface area contributed by atoms with Gasteiger partial charge < -0.3 is 15.7 Å². The minimum Gasteiger partial charge on any atom is -0.481 e. The van der Waals surface area contributed by atoms with Gasteiger partial charge in [-0.3, -0.25) is 14.4 Å². The topological polar surface area (TPSA) is 116 Å². The highest BCUT2D eigenvalue weighted by molar-refractivity contribution is 6.34. The van der Waals surface area contributed by atoms with E-state index in [0.29, 0.717) is 22.5 Å². The second-order valence-corrected chi connectivity index (χ2v) is 5.56. The first-order valence-electron chi connectivity index (χ1n) is 7.82. The maximum Gasteiger partial charge on any atom is 0.319 e. The van der Waals surface area contributed by atoms with E-state index in [2.05, 4.69) is 10.6 Å². The molecule has 1 aliphatic rings. The van der Waals surface area contributed by atoms with E-state index in [-0.39, 0.29) is 13.0 Å². The van der Waals surface area contributed by atoms with Gasteiger partial charge in [-0.1, -0.05) is 12.1 Å². The van der Waals surface area contributed by atoms with E-state index in [9.17, 15) is 19.2 Å². The van der Waals surface area contributed by atoms with Crippen molar-refractivity contribution in [1.82, 2.24) is 5.32 Å². The molecule has 0 atom stereocenters. The van der Waals surface area contributed by atoms with Gasteiger partial charge in [0.2, 0.25) is 0 Å². The standard InChI is InChI=1S/C18H15N3O5/c22-15(23)9-10-19-18(26)20-11-5-7-12(8-6-11)21-16(24)13-3-1-2-4-14(13)17(21)25/h1-8H,9-10H2,(H,22,23)(H2,19,20,26). The van der Waals surface area contributed by atoms with Gasteiger partial charge in [0, 0.05) is 12.2 Å². The van der Waals surface area contributed by atoms with Crippen LogP contribution in [0.25, 0.3) is 0 Å². The average Bonchev–Trinajstić information content (AvgIpc) is 2.87. The number of fused-ring (bicyclic) bond motifs is 1. The highest BCUT2D eigenvalue weighted by Gasteiger charge is 2.36. The average molecular weight is 353 g/mol. The molecule has 26 heavy (non-hydrogen) atoms. The Kier molecular flexibility index (Phi) is 4.66. The number of carbonyl (C=O) groups excluding carboxylic acids is 3. The summed E-state index contributed by atoms with van der Waals surface area (Å²) in [5.41, 5.74) is 1.56. The van der Waals surface area contributed by atoms with Crippen LogP contribution in [0.4, 0.5) is 16.2 Å². The zero-order valence-corrected chi connectivity index (χ0v) is 13.6. The van der Waals surface area contributed by atoms with Crippen molar-refractivity contribution >= 4 is 35.2 Å². The molecule has 1 aliphatic heterocycles. The third-order valence-corrected chi connectivity index (χ3v) is 3.80. The van der Waals surface area contributed by atoms with Crippen LogP contribution in [0.2, 0.25) is 0 Å². The number of imide groups is 1. The van der Waals surface area contributed by atoms with Gasteiger partial charge in [0.15, 0.2) is 0 Å². The summed E-state index contributed by atoms with van der Waals surface area (Å²) in [5, 5.41) is 13.5. The van der Waals surface area contributed by atoms with Crippen LogP contribution in [0.5, 0.6) is 0 Å². The number of aliphatic carboxylic acids is 1. The van der Waals surface area contributed by atoms with Crippen LogP contribution in [-0.4, -0.2) is 35.5 Å². The second kappa shape index (κ2) is 7.06. The number of nitrogens with zero attached hydrogens (tertiary/aromatic N) is 1. The number of anilines is 2. The second-order valence-electron chi connectivity index (χ2n) is 5.56. The van der Waals surface area contributed by atoms with E-state index in [4.69, 9.17) is 5.11 Å². The predicted octanol–water partition coefficient (Wildman–Crippen LogP) is 2.08. The molecule has 0 unspecified atom stereocenters. The minimum atomic E-state index is -1.00. The number of nitrogens with one attached hydrogen (secondary N) is 2. The third-order valence-electron chi connectivity index (χ3n) is 3.80. The fourth-order valence-electron chi connectivity index (χ4n) is 2.58. The molecule has 3 N–H and O–H groups in total. The van der Waals surface area contributed by atoms with Gasteiger partial charge >= 0.3 is 12.0 Å². The van der Waals surface area contributed by atoms with Crippen molar-refractivity contribution in [3.63, 3.8) is 0 Å². The summed E-state index contributed by atoms with van der Waals surface area (Å²) in [5.74, 6) is -1.79. The summed E-state index contributed by atoms with van der Waals surface area (Å²) in [7, 11) is 0. The predicted molar refractivity (Wildman–Crippen MR) is 93.3 cm³/mol. The van der Waals surface area contributed by atoms with Crippen molar-refractivity contribution in [2.24, 2.45) is 0 Å². The third kappa shape index (κ3) is 3.39. The minimum absolute atomic E-state index is 0.00822. The number of carbonyl (C=O) groups is 4. The zero-order chi connectivity index (χ0) is 18.7. The highest BCUT2D eigenvalue weighted by Crippen LogP contribution is 2.28. The molecule has 132 valence electrons. The van der Waals surface area contributed by atoms with Gasteiger partial charge in [-0.25, -0.2) is 9.69 Å². The van der Waals surface area contributed by atoms with Gasteiger partial charge in [0.05, 0.1) is 23.2 Å². The molecule has 1 heterocycles. The van der Waals surface area contributed by atoms with Crippen LogP contribution >= 0.6 is 0 Å². The molecule has 8 heteroatoms. The van der Waals surface area contributed by atoms with E-state index < -0.39 is 23.8 Å². The lowest BCUT2D eigenvalue weighted by Gasteiger charge is -2.14. The quantitative estimate of drug-likeness (QED) is 0.712. The Morgan fingerprint density at radius 2 is 1.50 bits per heavy atom. The molecule has 0 aromatic heterocycles. The Hall–Kier alpha value is -3.68. The first-order chi connectivity index (χ1) is 12.5. The summed E-state index contributed by atoms with van der Waals surface area (Å²) in [6.07, 6.45) is -0.175. The van der Waals surface area contributed by atoms with Crippen molar-refractivity contribution in [3.05, 3.63) is 59.7 Å². The van der Waals surface area contributed by atoms with Gasteiger partial charge in [-0.2, -0.15) is 0 Å². The number of amides is 4. The molecule has 0 bridgehead atoms. The Morgan fingerprint density at radius 1 is 0.923 bits per heavy atom. The van der Waals surface area contributed by atoms with Crippen LogP contribution in [0, 0.1) is 0 Å². The number of carboxylic acid groups (broad SMARTS) is 1. The van der Waals surface area contributed by atoms with Crippen molar-refractivity contribution < 1.29 is 24.3 Å². The molecule has 2 aromatic carbocycles. The first kappa shape index (κ1) is 17.2. The van der Waals surface area contributed by atoms with Gasteiger partial charge in [-0.15, -0.1) is 0 Å². The molecule has 8 nitrogen and oxygen atoms in total. The fraction of sp³-hybridized carbons (Fsp3) is 0.111. The van der Waals surface area contributed by atoms with Crippen molar-refractivity contribution in [2.75, 3.05) is 16.8 Å². The Morgan fingerprint density at radius 3 is 2.04 bits per heavy atom. The smallest absolute Gasteiger partial charge is 0.319 e. The van der Waals surface area contributed by atoms with Crippen molar-refractivity contribution in [1.29, 1.82) is 0 Å². The lowest BCUT2D eigenvalue weighted by Crippen LogP contribution is -2.31. The summed E-state index contributed by atoms with van der Waals surface area (Å²) in [4.78, 5) is 48.0. The molecule has 0 radical (unpaired) electrons. The largest absolute Gasteiger partial charge is 0.481 e. The summed E-state index contributed by atoms with van der Waals surface area (Å²) >= 11 is 0. The maximum atomic E-state index is 12.4. The van der Waals surface area contributed by atoms with Gasteiger partial charge in [0.1, 0.15) is 0 Å². The molecule has 0 spiro atoms. The van der Waals surface area contributed by atoms with E-state index in [0.717, 1.165) is 4.90 Å². The zero-order valence-electron chi connectivity index (χ0n) is 13.6. The maximum absolute atomic E-state index is 12.4. The molecule has 0 saturated carbocycles. The first-order valence-corrected chi connectivity index (χ1v) is 7.82. The molecular weight excluding hydrogens is 338 g/mol. The van der Waals surface area contributed by atoms with Crippen LogP contribution in [0.3, 0.4) is 0 Å². The molecule has 3 rings (SSSR count). The molecular formula is C18H15N3O5. The van der Waals surface area contributed by atoms with Crippen LogP contribution in [-0.2, 0) is 4.79 Å². The normalized spacial score (nSPS) is 12.7. The van der Waals surface area contributed by atoms with Crippen LogP contribution in [0.15, 0.2) is 48.5 Å². The lowest BCUT2D eigenvalue weighted by atomic mass is 10.1. The van der Waals surface area contributed by atoms with Gasteiger partial charge in [-0.05, 0) is 36.4 Å². The van der Waals surface area contributed by atoms with Gasteiger partial charge in [0.25, 0.3) is 11.8 Å². The van der Waals surface area contributed by atoms with E-state index in [1.807, 2.05) is 0 Å². The summed E-state index contributed by atoms with van der Waals surface area (Å²) in [6.45, 7) is 0.00822. The number of hydrogen-bond acceptors (Lipinski definition) is 4. The number of hydrogen-bond donors (Lipinski definition) is 3. The molecule has 0 aliphatic carbocycles. The summed E-state index contributed by atoms with van der Waals surface area (Å²) in [6, 6.07) is 12.3. The van der Waals surface area contributed by atoms with E-state index >= 15 is 0 Å². The fourth-order valence-corrected chi connectivity index (χ4v) is 2.58. The molecule has 2 aromatic rings. The number of urea groups is 1. The van der Waals surface area contributed by atoms with E-state index in [1.54, 1.807) is 48.5 Å². The Labute approximate surface area is 148 Å². The molecule has 0 saturated heterocycles. The summed E-state index contributed by atoms with van der Waals surface area (Å²) < 4.78 is 0. The number of benzene rings is 2. The number of carboxylic acids is 1. The van der Waals surface area contributed by atoms with Crippen LogP contribution in [0.1, 0.15) is 27.1 Å². The van der Waals surface area contributed by atoms with Crippen LogP contribution < -0.4 is 15.5 Å². The number of rotatable bonds is 5. The monoisotopic (exact) mass is 353 g/mol.